The molecule has 0 saturated heterocycles. The molecule has 1 saturated carbocycles. The molecule has 1 aliphatic heterocycles. The van der Waals surface area contributed by atoms with Crippen molar-refractivity contribution >= 4 is 15.9 Å². The van der Waals surface area contributed by atoms with Crippen LogP contribution in [0.25, 0.3) is 11.3 Å². The van der Waals surface area contributed by atoms with Crippen LogP contribution in [0.5, 0.6) is 0 Å². The smallest absolute Gasteiger partial charge is 0.0746 e. The van der Waals surface area contributed by atoms with E-state index < -0.39 is 0 Å². The van der Waals surface area contributed by atoms with E-state index in [1.54, 1.807) is 0 Å². The highest BCUT2D eigenvalue weighted by Gasteiger charge is 2.28. The molecular formula is C17H18BrNO. The maximum Gasteiger partial charge on any atom is 0.0746 e. The van der Waals surface area contributed by atoms with Crippen LogP contribution in [0, 0.1) is 0 Å². The van der Waals surface area contributed by atoms with E-state index in [9.17, 15) is 0 Å². The van der Waals surface area contributed by atoms with E-state index in [4.69, 9.17) is 4.74 Å². The van der Waals surface area contributed by atoms with Gasteiger partial charge in [-0.1, -0.05) is 40.9 Å². The number of hydrogen-bond donors (Lipinski definition) is 1. The zero-order valence-electron chi connectivity index (χ0n) is 11.4. The van der Waals surface area contributed by atoms with Crippen molar-refractivity contribution in [3.63, 3.8) is 0 Å². The minimum atomic E-state index is 0.717. The van der Waals surface area contributed by atoms with Gasteiger partial charge in [0.2, 0.25) is 0 Å². The molecule has 0 unspecified atom stereocenters. The minimum Gasteiger partial charge on any atom is -0.372 e. The molecule has 2 aliphatic rings. The van der Waals surface area contributed by atoms with Crippen molar-refractivity contribution in [2.75, 3.05) is 0 Å². The maximum atomic E-state index is 5.71. The summed E-state index contributed by atoms with van der Waals surface area (Å²) in [4.78, 5) is 3.73. The summed E-state index contributed by atoms with van der Waals surface area (Å²) < 4.78 is 6.83. The molecule has 0 bridgehead atoms. The van der Waals surface area contributed by atoms with Crippen LogP contribution in [-0.4, -0.2) is 4.98 Å². The van der Waals surface area contributed by atoms with Crippen LogP contribution in [0.15, 0.2) is 28.7 Å². The van der Waals surface area contributed by atoms with E-state index >= 15 is 0 Å². The first-order valence-corrected chi connectivity index (χ1v) is 8.19. The van der Waals surface area contributed by atoms with Crippen molar-refractivity contribution in [2.24, 2.45) is 0 Å². The zero-order chi connectivity index (χ0) is 13.5. The molecule has 2 aromatic rings. The number of H-pyrrole nitrogens is 1. The Bertz CT molecular complexity index is 623. The first-order chi connectivity index (χ1) is 9.83. The Labute approximate surface area is 127 Å². The van der Waals surface area contributed by atoms with E-state index in [2.05, 4.69) is 45.2 Å². The van der Waals surface area contributed by atoms with E-state index in [0.717, 1.165) is 23.6 Å². The van der Waals surface area contributed by atoms with Gasteiger partial charge in [-0.3, -0.25) is 0 Å². The van der Waals surface area contributed by atoms with Gasteiger partial charge in [-0.05, 0) is 36.5 Å². The number of hydrogen-bond acceptors (Lipinski definition) is 1. The van der Waals surface area contributed by atoms with Crippen molar-refractivity contribution in [3.05, 3.63) is 45.6 Å². The number of rotatable bonds is 2. The third kappa shape index (κ3) is 2.04. The van der Waals surface area contributed by atoms with Crippen LogP contribution in [0.4, 0.5) is 0 Å². The second kappa shape index (κ2) is 5.05. The van der Waals surface area contributed by atoms with Crippen molar-refractivity contribution in [2.45, 2.75) is 44.8 Å². The lowest BCUT2D eigenvalue weighted by atomic mass is 9.99. The van der Waals surface area contributed by atoms with Gasteiger partial charge >= 0.3 is 0 Å². The van der Waals surface area contributed by atoms with Crippen LogP contribution in [0.2, 0.25) is 0 Å². The van der Waals surface area contributed by atoms with Gasteiger partial charge in [0.1, 0.15) is 0 Å². The monoisotopic (exact) mass is 331 g/mol. The van der Waals surface area contributed by atoms with Crippen molar-refractivity contribution < 1.29 is 4.74 Å². The summed E-state index contributed by atoms with van der Waals surface area (Å²) in [5.41, 5.74) is 6.81. The van der Waals surface area contributed by atoms with Gasteiger partial charge in [-0.25, -0.2) is 0 Å². The molecule has 3 heteroatoms. The first-order valence-electron chi connectivity index (χ1n) is 7.40. The van der Waals surface area contributed by atoms with Gasteiger partial charge in [0.15, 0.2) is 0 Å². The Balaban J connectivity index is 1.80. The molecule has 0 amide bonds. The molecule has 1 aromatic carbocycles. The summed E-state index contributed by atoms with van der Waals surface area (Å²) in [6.07, 6.45) is 5.39. The lowest BCUT2D eigenvalue weighted by molar-refractivity contribution is 0.133. The fourth-order valence-corrected chi connectivity index (χ4v) is 3.87. The molecule has 1 N–H and O–H groups in total. The fourth-order valence-electron chi connectivity index (χ4n) is 3.60. The number of fused-ring (bicyclic) bond motifs is 1. The Kier molecular flexibility index (Phi) is 3.20. The number of ether oxygens (including phenoxy) is 1. The maximum absolute atomic E-state index is 5.71. The van der Waals surface area contributed by atoms with Gasteiger partial charge < -0.3 is 9.72 Å². The van der Waals surface area contributed by atoms with Crippen molar-refractivity contribution in [1.82, 2.24) is 4.98 Å². The predicted octanol–water partition coefficient (Wildman–Crippen LogP) is 5.13. The topological polar surface area (TPSA) is 25.0 Å². The van der Waals surface area contributed by atoms with Crippen LogP contribution in [0.1, 0.15) is 48.4 Å². The number of nitrogens with one attached hydrogen (secondary N) is 1. The third-order valence-electron chi connectivity index (χ3n) is 4.64. The third-order valence-corrected chi connectivity index (χ3v) is 5.17. The van der Waals surface area contributed by atoms with Crippen LogP contribution in [-0.2, 0) is 18.0 Å². The second-order valence-electron chi connectivity index (χ2n) is 5.85. The van der Waals surface area contributed by atoms with Crippen LogP contribution in [0.3, 0.4) is 0 Å². The summed E-state index contributed by atoms with van der Waals surface area (Å²) >= 11 is 3.50. The SMILES string of the molecule is Brc1ccc(-c2[nH]c(C3CCCC3)c3c2COC3)cc1. The van der Waals surface area contributed by atoms with E-state index in [-0.39, 0.29) is 0 Å². The number of aromatic amines is 1. The summed E-state index contributed by atoms with van der Waals surface area (Å²) in [5.74, 6) is 0.717. The minimum absolute atomic E-state index is 0.717. The zero-order valence-corrected chi connectivity index (χ0v) is 13.0. The number of benzene rings is 1. The summed E-state index contributed by atoms with van der Waals surface area (Å²) in [6.45, 7) is 1.54. The molecule has 2 nitrogen and oxygen atoms in total. The average Bonchev–Trinajstić information content (AvgIpc) is 3.16. The normalized spacial score (nSPS) is 18.6. The number of aromatic nitrogens is 1. The summed E-state index contributed by atoms with van der Waals surface area (Å²) in [6, 6.07) is 8.56. The molecular weight excluding hydrogens is 314 g/mol. The lowest BCUT2D eigenvalue weighted by Gasteiger charge is -2.09. The highest BCUT2D eigenvalue weighted by Crippen LogP contribution is 2.42. The van der Waals surface area contributed by atoms with Crippen LogP contribution >= 0.6 is 15.9 Å². The Morgan fingerprint density at radius 3 is 2.45 bits per heavy atom. The molecule has 1 aromatic heterocycles. The van der Waals surface area contributed by atoms with Crippen molar-refractivity contribution in [3.8, 4) is 11.3 Å². The second-order valence-corrected chi connectivity index (χ2v) is 6.77. The quantitative estimate of drug-likeness (QED) is 0.810. The van der Waals surface area contributed by atoms with Crippen molar-refractivity contribution in [1.29, 1.82) is 0 Å². The summed E-state index contributed by atoms with van der Waals surface area (Å²) in [7, 11) is 0. The summed E-state index contributed by atoms with van der Waals surface area (Å²) in [5, 5.41) is 0. The van der Waals surface area contributed by atoms with E-state index in [0.29, 0.717) is 0 Å². The van der Waals surface area contributed by atoms with Gasteiger partial charge in [0.05, 0.1) is 18.9 Å². The van der Waals surface area contributed by atoms with Crippen LogP contribution < -0.4 is 0 Å². The Morgan fingerprint density at radius 2 is 1.70 bits per heavy atom. The molecule has 0 radical (unpaired) electrons. The van der Waals surface area contributed by atoms with Gasteiger partial charge in [0, 0.05) is 21.3 Å². The highest BCUT2D eigenvalue weighted by atomic mass is 79.9. The van der Waals surface area contributed by atoms with E-state index in [1.807, 2.05) is 0 Å². The molecule has 0 spiro atoms. The fraction of sp³-hybridized carbons (Fsp3) is 0.412. The average molecular weight is 332 g/mol. The molecule has 20 heavy (non-hydrogen) atoms. The lowest BCUT2D eigenvalue weighted by Crippen LogP contribution is -1.97. The molecule has 104 valence electrons. The van der Waals surface area contributed by atoms with Gasteiger partial charge in [-0.2, -0.15) is 0 Å². The molecule has 4 rings (SSSR count). The van der Waals surface area contributed by atoms with Gasteiger partial charge in [-0.15, -0.1) is 0 Å². The predicted molar refractivity (Wildman–Crippen MR) is 83.6 cm³/mol. The Morgan fingerprint density at radius 1 is 1.00 bits per heavy atom. The molecule has 2 heterocycles. The molecule has 1 fully saturated rings. The number of halogens is 1. The Hall–Kier alpha value is -1.06. The first kappa shape index (κ1) is 12.7. The molecule has 1 aliphatic carbocycles. The van der Waals surface area contributed by atoms with Gasteiger partial charge in [0.25, 0.3) is 0 Å². The molecule has 0 atom stereocenters. The van der Waals surface area contributed by atoms with E-state index in [1.165, 1.54) is 53.8 Å². The standard InChI is InChI=1S/C17H18BrNO/c18-13-7-5-12(6-8-13)17-15-10-20-9-14(15)16(19-17)11-3-1-2-4-11/h5-8,11,19H,1-4,9-10H2. The highest BCUT2D eigenvalue weighted by molar-refractivity contribution is 9.10. The largest absolute Gasteiger partial charge is 0.372 e.